The van der Waals surface area contributed by atoms with Gasteiger partial charge in [0.15, 0.2) is 12.4 Å². The third-order valence-electron chi connectivity index (χ3n) is 2.99. The highest BCUT2D eigenvalue weighted by atomic mass is 16.5. The second-order valence-electron chi connectivity index (χ2n) is 4.76. The Balaban J connectivity index is 1.85. The van der Waals surface area contributed by atoms with Crippen molar-refractivity contribution < 1.29 is 14.3 Å². The number of hydrogen-bond acceptors (Lipinski definition) is 6. The number of nitrogens with zero attached hydrogens (tertiary/aromatic N) is 4. The molecule has 2 aromatic rings. The van der Waals surface area contributed by atoms with Crippen LogP contribution in [0.2, 0.25) is 0 Å². The van der Waals surface area contributed by atoms with Crippen LogP contribution in [0.15, 0.2) is 30.3 Å². The number of aromatic nitrogens is 4. The number of rotatable bonds is 8. The number of hydrogen-bond donors (Lipinski definition) is 0. The molecule has 7 heteroatoms. The molecule has 23 heavy (non-hydrogen) atoms. The predicted molar refractivity (Wildman–Crippen MR) is 84.5 cm³/mol. The molecule has 1 heterocycles. The van der Waals surface area contributed by atoms with Gasteiger partial charge in [0.05, 0.1) is 6.61 Å². The topological polar surface area (TPSA) is 79.1 Å². The molecule has 122 valence electrons. The molecule has 0 radical (unpaired) electrons. The first-order chi connectivity index (χ1) is 11.2. The Kier molecular flexibility index (Phi) is 6.28. The fraction of sp³-hybridized carbons (Fsp3) is 0.375. The number of carbonyl (C=O) groups excluding carboxylic acids is 1. The first-order valence-corrected chi connectivity index (χ1v) is 7.55. The van der Waals surface area contributed by atoms with Crippen molar-refractivity contribution in [3.8, 4) is 5.75 Å². The van der Waals surface area contributed by atoms with Crippen molar-refractivity contribution in [3.05, 3.63) is 41.7 Å². The van der Waals surface area contributed by atoms with Crippen LogP contribution in [0, 0.1) is 0 Å². The SMILES string of the molecule is CCCn1nnnc1COC(=O)/C=C/c1ccc(OCC)cc1. The average molecular weight is 316 g/mol. The zero-order valence-corrected chi connectivity index (χ0v) is 13.3. The van der Waals surface area contributed by atoms with Crippen LogP contribution in [0.5, 0.6) is 5.75 Å². The number of aryl methyl sites for hydroxylation is 1. The molecule has 1 aromatic carbocycles. The van der Waals surface area contributed by atoms with Crippen molar-refractivity contribution in [2.24, 2.45) is 0 Å². The summed E-state index contributed by atoms with van der Waals surface area (Å²) in [6, 6.07) is 7.45. The van der Waals surface area contributed by atoms with Crippen LogP contribution in [0.3, 0.4) is 0 Å². The maximum Gasteiger partial charge on any atom is 0.331 e. The lowest BCUT2D eigenvalue weighted by atomic mass is 10.2. The standard InChI is InChI=1S/C16H20N4O3/c1-3-11-20-15(17-18-19-20)12-23-16(21)10-7-13-5-8-14(9-6-13)22-4-2/h5-10H,3-4,11-12H2,1-2H3/b10-7+. The second-order valence-corrected chi connectivity index (χ2v) is 4.76. The smallest absolute Gasteiger partial charge is 0.331 e. The molecule has 0 aliphatic carbocycles. The Morgan fingerprint density at radius 1 is 1.26 bits per heavy atom. The van der Waals surface area contributed by atoms with Crippen LogP contribution < -0.4 is 4.74 Å². The van der Waals surface area contributed by atoms with Gasteiger partial charge in [-0.2, -0.15) is 0 Å². The van der Waals surface area contributed by atoms with Gasteiger partial charge < -0.3 is 9.47 Å². The van der Waals surface area contributed by atoms with Crippen LogP contribution in [-0.4, -0.2) is 32.8 Å². The lowest BCUT2D eigenvalue weighted by Crippen LogP contribution is -2.09. The lowest BCUT2D eigenvalue weighted by Gasteiger charge is -2.03. The molecule has 0 spiro atoms. The van der Waals surface area contributed by atoms with Gasteiger partial charge in [-0.05, 0) is 47.5 Å². The van der Waals surface area contributed by atoms with Crippen molar-refractivity contribution in [1.82, 2.24) is 20.2 Å². The Hall–Kier alpha value is -2.70. The van der Waals surface area contributed by atoms with Crippen molar-refractivity contribution in [1.29, 1.82) is 0 Å². The van der Waals surface area contributed by atoms with E-state index < -0.39 is 5.97 Å². The molecule has 0 aliphatic rings. The molecule has 0 bridgehead atoms. The molecular formula is C16H20N4O3. The molecule has 2 rings (SSSR count). The molecule has 0 atom stereocenters. The lowest BCUT2D eigenvalue weighted by molar-refractivity contribution is -0.139. The van der Waals surface area contributed by atoms with E-state index in [2.05, 4.69) is 15.5 Å². The van der Waals surface area contributed by atoms with Gasteiger partial charge in [0, 0.05) is 12.6 Å². The van der Waals surface area contributed by atoms with Gasteiger partial charge in [-0.1, -0.05) is 19.1 Å². The fourth-order valence-electron chi connectivity index (χ4n) is 1.90. The fourth-order valence-corrected chi connectivity index (χ4v) is 1.90. The molecule has 0 amide bonds. The summed E-state index contributed by atoms with van der Waals surface area (Å²) in [6.45, 7) is 5.33. The van der Waals surface area contributed by atoms with E-state index in [4.69, 9.17) is 9.47 Å². The molecule has 1 aromatic heterocycles. The van der Waals surface area contributed by atoms with Gasteiger partial charge in [0.1, 0.15) is 5.75 Å². The minimum Gasteiger partial charge on any atom is -0.494 e. The summed E-state index contributed by atoms with van der Waals surface area (Å²) in [5.41, 5.74) is 0.890. The maximum atomic E-state index is 11.7. The zero-order chi connectivity index (χ0) is 16.5. The summed E-state index contributed by atoms with van der Waals surface area (Å²) in [7, 11) is 0. The quantitative estimate of drug-likeness (QED) is 0.549. The largest absolute Gasteiger partial charge is 0.494 e. The summed E-state index contributed by atoms with van der Waals surface area (Å²) < 4.78 is 12.1. The van der Waals surface area contributed by atoms with Crippen LogP contribution in [0.1, 0.15) is 31.7 Å². The van der Waals surface area contributed by atoms with Crippen LogP contribution in [-0.2, 0) is 22.7 Å². The van der Waals surface area contributed by atoms with E-state index >= 15 is 0 Å². The number of carbonyl (C=O) groups is 1. The highest BCUT2D eigenvalue weighted by Crippen LogP contribution is 2.13. The molecule has 0 saturated carbocycles. The summed E-state index contributed by atoms with van der Waals surface area (Å²) in [5, 5.41) is 11.3. The van der Waals surface area contributed by atoms with Gasteiger partial charge in [-0.3, -0.25) is 0 Å². The molecule has 0 N–H and O–H groups in total. The highest BCUT2D eigenvalue weighted by molar-refractivity contribution is 5.87. The Bertz CT molecular complexity index is 650. The Morgan fingerprint density at radius 2 is 2.04 bits per heavy atom. The highest BCUT2D eigenvalue weighted by Gasteiger charge is 2.07. The molecular weight excluding hydrogens is 296 g/mol. The zero-order valence-electron chi connectivity index (χ0n) is 13.3. The summed E-state index contributed by atoms with van der Waals surface area (Å²) >= 11 is 0. The number of tetrazole rings is 1. The van der Waals surface area contributed by atoms with E-state index in [0.717, 1.165) is 17.7 Å². The summed E-state index contributed by atoms with van der Waals surface area (Å²) in [6.07, 6.45) is 3.97. The van der Waals surface area contributed by atoms with Crippen LogP contribution >= 0.6 is 0 Å². The third kappa shape index (κ3) is 5.21. The minimum atomic E-state index is -0.440. The molecule has 0 fully saturated rings. The van der Waals surface area contributed by atoms with Gasteiger partial charge in [-0.25, -0.2) is 9.48 Å². The Morgan fingerprint density at radius 3 is 2.74 bits per heavy atom. The first kappa shape index (κ1) is 16.7. The van der Waals surface area contributed by atoms with Gasteiger partial charge in [0.25, 0.3) is 0 Å². The van der Waals surface area contributed by atoms with E-state index in [9.17, 15) is 4.79 Å². The molecule has 0 aliphatic heterocycles. The third-order valence-corrected chi connectivity index (χ3v) is 2.99. The van der Waals surface area contributed by atoms with Gasteiger partial charge in [0.2, 0.25) is 0 Å². The monoisotopic (exact) mass is 316 g/mol. The number of ether oxygens (including phenoxy) is 2. The molecule has 0 saturated heterocycles. The summed E-state index contributed by atoms with van der Waals surface area (Å²) in [5.74, 6) is 0.898. The van der Waals surface area contributed by atoms with Crippen LogP contribution in [0.25, 0.3) is 6.08 Å². The summed E-state index contributed by atoms with van der Waals surface area (Å²) in [4.78, 5) is 11.7. The molecule has 7 nitrogen and oxygen atoms in total. The van der Waals surface area contributed by atoms with Gasteiger partial charge >= 0.3 is 5.97 Å². The van der Waals surface area contributed by atoms with E-state index in [1.54, 1.807) is 10.8 Å². The van der Waals surface area contributed by atoms with E-state index in [0.29, 0.717) is 19.0 Å². The van der Waals surface area contributed by atoms with Crippen LogP contribution in [0.4, 0.5) is 0 Å². The van der Waals surface area contributed by atoms with Crippen molar-refractivity contribution in [2.75, 3.05) is 6.61 Å². The van der Waals surface area contributed by atoms with E-state index in [-0.39, 0.29) is 6.61 Å². The number of benzene rings is 1. The second kappa shape index (κ2) is 8.67. The van der Waals surface area contributed by atoms with Crippen molar-refractivity contribution in [2.45, 2.75) is 33.4 Å². The van der Waals surface area contributed by atoms with Gasteiger partial charge in [-0.15, -0.1) is 5.10 Å². The van der Waals surface area contributed by atoms with E-state index in [1.165, 1.54) is 6.08 Å². The number of esters is 1. The van der Waals surface area contributed by atoms with Crippen molar-refractivity contribution in [3.63, 3.8) is 0 Å². The predicted octanol–water partition coefficient (Wildman–Crippen LogP) is 2.24. The average Bonchev–Trinajstić information content (AvgIpc) is 3.00. The van der Waals surface area contributed by atoms with E-state index in [1.807, 2.05) is 38.1 Å². The molecule has 0 unspecified atom stereocenters. The minimum absolute atomic E-state index is 0.0550. The maximum absolute atomic E-state index is 11.7. The first-order valence-electron chi connectivity index (χ1n) is 7.55. The van der Waals surface area contributed by atoms with Crippen molar-refractivity contribution >= 4 is 12.0 Å². The normalized spacial score (nSPS) is 10.9. The Labute approximate surface area is 134 Å².